The molecule has 1 fully saturated rings. The largest absolute Gasteiger partial charge is 0.378 e. The lowest BCUT2D eigenvalue weighted by Gasteiger charge is -2.27. The molecule has 152 valence electrons. The van der Waals surface area contributed by atoms with E-state index in [9.17, 15) is 13.2 Å². The van der Waals surface area contributed by atoms with E-state index in [0.29, 0.717) is 42.7 Å². The van der Waals surface area contributed by atoms with E-state index in [1.165, 1.54) is 0 Å². The number of hydrogen-bond acceptors (Lipinski definition) is 4. The Morgan fingerprint density at radius 3 is 2.36 bits per heavy atom. The van der Waals surface area contributed by atoms with Crippen LogP contribution in [0.4, 0.5) is 0 Å². The predicted molar refractivity (Wildman–Crippen MR) is 107 cm³/mol. The first-order chi connectivity index (χ1) is 13.2. The van der Waals surface area contributed by atoms with E-state index in [0.717, 1.165) is 5.56 Å². The molecule has 1 saturated heterocycles. The molecular weight excluding hydrogens is 402 g/mol. The quantitative estimate of drug-likeness (QED) is 0.796. The summed E-state index contributed by atoms with van der Waals surface area (Å²) in [6, 6.07) is 6.93. The van der Waals surface area contributed by atoms with Crippen LogP contribution in [0, 0.1) is 13.8 Å². The molecule has 28 heavy (non-hydrogen) atoms. The van der Waals surface area contributed by atoms with Crippen LogP contribution in [0.15, 0.2) is 29.2 Å². The van der Waals surface area contributed by atoms with Gasteiger partial charge in [0.1, 0.15) is 4.90 Å². The maximum atomic E-state index is 13.1. The molecule has 1 amide bonds. The van der Waals surface area contributed by atoms with E-state index in [1.807, 2.05) is 0 Å². The van der Waals surface area contributed by atoms with Crippen LogP contribution in [0.5, 0.6) is 0 Å². The lowest BCUT2D eigenvalue weighted by Crippen LogP contribution is -2.41. The van der Waals surface area contributed by atoms with Gasteiger partial charge in [-0.3, -0.25) is 4.79 Å². The van der Waals surface area contributed by atoms with Gasteiger partial charge in [-0.25, -0.2) is 13.1 Å². The summed E-state index contributed by atoms with van der Waals surface area (Å²) >= 11 is 5.88. The van der Waals surface area contributed by atoms with Gasteiger partial charge in [0.15, 0.2) is 0 Å². The molecule has 0 saturated carbocycles. The Hall–Kier alpha value is -1.87. The maximum absolute atomic E-state index is 13.1. The second kappa shape index (κ2) is 8.24. The molecule has 0 spiro atoms. The van der Waals surface area contributed by atoms with Crippen LogP contribution >= 0.6 is 11.6 Å². The van der Waals surface area contributed by atoms with Crippen LogP contribution in [0.3, 0.4) is 0 Å². The Kier molecular flexibility index (Phi) is 6.14. The number of sulfonamides is 1. The lowest BCUT2D eigenvalue weighted by molar-refractivity contribution is 0.0300. The molecule has 1 N–H and O–H groups in total. The fourth-order valence-electron chi connectivity index (χ4n) is 3.27. The van der Waals surface area contributed by atoms with Gasteiger partial charge in [0.2, 0.25) is 10.0 Å². The van der Waals surface area contributed by atoms with Crippen molar-refractivity contribution < 1.29 is 17.9 Å². The Morgan fingerprint density at radius 2 is 1.75 bits per heavy atom. The van der Waals surface area contributed by atoms with Crippen molar-refractivity contribution in [1.29, 1.82) is 0 Å². The number of hydrogen-bond donors (Lipinski definition) is 1. The molecule has 1 aliphatic heterocycles. The van der Waals surface area contributed by atoms with Gasteiger partial charge < -0.3 is 14.2 Å². The van der Waals surface area contributed by atoms with Crippen molar-refractivity contribution in [3.8, 4) is 0 Å². The Bertz CT molecular complexity index is 978. The first-order valence-electron chi connectivity index (χ1n) is 8.99. The van der Waals surface area contributed by atoms with Crippen molar-refractivity contribution in [1.82, 2.24) is 14.2 Å². The topological polar surface area (TPSA) is 80.6 Å². The number of amides is 1. The Balaban J connectivity index is 1.94. The highest BCUT2D eigenvalue weighted by Crippen LogP contribution is 2.28. The smallest absolute Gasteiger partial charge is 0.257 e. The van der Waals surface area contributed by atoms with Crippen LogP contribution < -0.4 is 4.72 Å². The summed E-state index contributed by atoms with van der Waals surface area (Å²) in [4.78, 5) is 14.8. The third-order valence-corrected chi connectivity index (χ3v) is 6.90. The van der Waals surface area contributed by atoms with E-state index in [1.54, 1.807) is 54.6 Å². The number of carbonyl (C=O) groups is 1. The zero-order valence-electron chi connectivity index (χ0n) is 16.2. The fraction of sp³-hybridized carbons (Fsp3) is 0.421. The van der Waals surface area contributed by atoms with Crippen LogP contribution in [0.1, 0.15) is 27.3 Å². The number of halogens is 1. The van der Waals surface area contributed by atoms with E-state index in [4.69, 9.17) is 16.3 Å². The monoisotopic (exact) mass is 425 g/mol. The summed E-state index contributed by atoms with van der Waals surface area (Å²) in [6.07, 6.45) is 0. The molecule has 3 rings (SSSR count). The average molecular weight is 426 g/mol. The van der Waals surface area contributed by atoms with Gasteiger partial charge in [0.05, 0.1) is 18.8 Å². The molecule has 0 bridgehead atoms. The third kappa shape index (κ3) is 4.10. The predicted octanol–water partition coefficient (Wildman–Crippen LogP) is 2.25. The molecule has 0 unspecified atom stereocenters. The maximum Gasteiger partial charge on any atom is 0.257 e. The average Bonchev–Trinajstić information content (AvgIpc) is 2.92. The summed E-state index contributed by atoms with van der Waals surface area (Å²) in [7, 11) is -2.13. The molecular formula is C19H24ClN3O4S. The first-order valence-corrected chi connectivity index (χ1v) is 10.9. The van der Waals surface area contributed by atoms with Gasteiger partial charge in [-0.15, -0.1) is 0 Å². The highest BCUT2D eigenvalue weighted by atomic mass is 35.5. The molecule has 7 nitrogen and oxygen atoms in total. The summed E-state index contributed by atoms with van der Waals surface area (Å²) in [6.45, 7) is 5.38. The zero-order valence-corrected chi connectivity index (χ0v) is 17.7. The van der Waals surface area contributed by atoms with Crippen LogP contribution in [0.25, 0.3) is 0 Å². The SMILES string of the molecule is Cc1c(C(=O)N2CCOCC2)c(S(=O)(=O)NCc2ccc(Cl)cc2)c(C)n1C. The van der Waals surface area contributed by atoms with Gasteiger partial charge in [0, 0.05) is 43.1 Å². The van der Waals surface area contributed by atoms with Gasteiger partial charge in [-0.05, 0) is 31.5 Å². The number of aromatic nitrogens is 1. The van der Waals surface area contributed by atoms with Crippen molar-refractivity contribution in [3.63, 3.8) is 0 Å². The second-order valence-corrected chi connectivity index (χ2v) is 8.93. The van der Waals surface area contributed by atoms with Crippen molar-refractivity contribution >= 4 is 27.5 Å². The van der Waals surface area contributed by atoms with E-state index in [2.05, 4.69) is 4.72 Å². The zero-order chi connectivity index (χ0) is 20.5. The molecule has 1 aromatic heterocycles. The number of ether oxygens (including phenoxy) is 1. The summed E-state index contributed by atoms with van der Waals surface area (Å²) in [5.41, 5.74) is 2.16. The number of nitrogens with one attached hydrogen (secondary N) is 1. The van der Waals surface area contributed by atoms with Crippen molar-refractivity contribution in [2.75, 3.05) is 26.3 Å². The number of nitrogens with zero attached hydrogens (tertiary/aromatic N) is 2. The van der Waals surface area contributed by atoms with Crippen molar-refractivity contribution in [3.05, 3.63) is 51.8 Å². The molecule has 9 heteroatoms. The van der Waals surface area contributed by atoms with Gasteiger partial charge in [0.25, 0.3) is 5.91 Å². The van der Waals surface area contributed by atoms with Crippen molar-refractivity contribution in [2.24, 2.45) is 7.05 Å². The Labute approximate surface area is 170 Å². The highest BCUT2D eigenvalue weighted by Gasteiger charge is 2.33. The minimum absolute atomic E-state index is 0.0398. The van der Waals surface area contributed by atoms with Crippen LogP contribution in [-0.2, 0) is 28.4 Å². The van der Waals surface area contributed by atoms with E-state index < -0.39 is 10.0 Å². The third-order valence-electron chi connectivity index (χ3n) is 5.08. The number of benzene rings is 1. The van der Waals surface area contributed by atoms with Crippen molar-refractivity contribution in [2.45, 2.75) is 25.3 Å². The molecule has 0 atom stereocenters. The fourth-order valence-corrected chi connectivity index (χ4v) is 4.93. The van der Waals surface area contributed by atoms with Gasteiger partial charge in [-0.1, -0.05) is 23.7 Å². The molecule has 1 aromatic carbocycles. The minimum Gasteiger partial charge on any atom is -0.378 e. The van der Waals surface area contributed by atoms with E-state index in [-0.39, 0.29) is 22.9 Å². The summed E-state index contributed by atoms with van der Waals surface area (Å²) in [5.74, 6) is -0.281. The molecule has 0 radical (unpaired) electrons. The van der Waals surface area contributed by atoms with Gasteiger partial charge in [-0.2, -0.15) is 0 Å². The lowest BCUT2D eigenvalue weighted by atomic mass is 10.2. The number of carbonyl (C=O) groups excluding carboxylic acids is 1. The second-order valence-electron chi connectivity index (χ2n) is 6.79. The first kappa shape index (κ1) is 20.9. The number of rotatable bonds is 5. The molecule has 2 aromatic rings. The Morgan fingerprint density at radius 1 is 1.14 bits per heavy atom. The summed E-state index contributed by atoms with van der Waals surface area (Å²) in [5, 5.41) is 0.583. The molecule has 1 aliphatic rings. The minimum atomic E-state index is -3.90. The standard InChI is InChI=1S/C19H24ClN3O4S/c1-13-17(19(24)23-8-10-27-11-9-23)18(14(2)22(13)3)28(25,26)21-12-15-4-6-16(20)7-5-15/h4-7,21H,8-12H2,1-3H3. The highest BCUT2D eigenvalue weighted by molar-refractivity contribution is 7.89. The summed E-state index contributed by atoms with van der Waals surface area (Å²) < 4.78 is 35.9. The molecule has 0 aliphatic carbocycles. The van der Waals surface area contributed by atoms with E-state index >= 15 is 0 Å². The van der Waals surface area contributed by atoms with Crippen LogP contribution in [0.2, 0.25) is 5.02 Å². The normalized spacial score (nSPS) is 15.1. The molecule has 2 heterocycles. The van der Waals surface area contributed by atoms with Crippen LogP contribution in [-0.4, -0.2) is 50.1 Å². The van der Waals surface area contributed by atoms with Gasteiger partial charge >= 0.3 is 0 Å². The number of morpholine rings is 1.